The lowest BCUT2D eigenvalue weighted by molar-refractivity contribution is 0.284. The molecule has 1 aliphatic carbocycles. The quantitative estimate of drug-likeness (QED) is 0.599. The molecule has 1 fully saturated rings. The van der Waals surface area contributed by atoms with Gasteiger partial charge >= 0.3 is 0 Å². The van der Waals surface area contributed by atoms with Gasteiger partial charge in [-0.1, -0.05) is 40.0 Å². The van der Waals surface area contributed by atoms with Gasteiger partial charge in [-0.3, -0.25) is 0 Å². The molecule has 0 amide bonds. The van der Waals surface area contributed by atoms with E-state index in [9.17, 15) is 0 Å². The zero-order valence-corrected chi connectivity index (χ0v) is 11.1. The predicted molar refractivity (Wildman–Crippen MR) is 68.1 cm³/mol. The molecular formula is C14H29N. The van der Waals surface area contributed by atoms with Crippen LogP contribution in [0, 0.1) is 11.3 Å². The van der Waals surface area contributed by atoms with E-state index in [1.165, 1.54) is 45.1 Å². The maximum Gasteiger partial charge on any atom is 0.00672 e. The Hall–Kier alpha value is -0.0400. The van der Waals surface area contributed by atoms with Gasteiger partial charge in [0.1, 0.15) is 0 Å². The van der Waals surface area contributed by atoms with Crippen LogP contribution in [-0.4, -0.2) is 12.6 Å². The highest BCUT2D eigenvalue weighted by Crippen LogP contribution is 2.33. The van der Waals surface area contributed by atoms with Crippen molar-refractivity contribution in [1.82, 2.24) is 5.32 Å². The zero-order valence-electron chi connectivity index (χ0n) is 11.1. The lowest BCUT2D eigenvalue weighted by Crippen LogP contribution is -2.36. The number of nitrogens with one attached hydrogen (secondary N) is 1. The number of rotatable bonds is 8. The molecule has 1 nitrogen and oxygen atoms in total. The first-order chi connectivity index (χ1) is 7.05. The average molecular weight is 211 g/mol. The first-order valence-electron chi connectivity index (χ1n) is 6.78. The average Bonchev–Trinajstić information content (AvgIpc) is 2.98. The van der Waals surface area contributed by atoms with E-state index in [4.69, 9.17) is 0 Å². The van der Waals surface area contributed by atoms with Crippen molar-refractivity contribution in [2.75, 3.05) is 6.54 Å². The maximum absolute atomic E-state index is 3.71. The van der Waals surface area contributed by atoms with Crippen molar-refractivity contribution in [2.45, 2.75) is 72.3 Å². The summed E-state index contributed by atoms with van der Waals surface area (Å²) in [6.07, 6.45) is 8.38. The van der Waals surface area contributed by atoms with Crippen molar-refractivity contribution in [1.29, 1.82) is 0 Å². The largest absolute Gasteiger partial charge is 0.313 e. The van der Waals surface area contributed by atoms with Gasteiger partial charge < -0.3 is 5.32 Å². The fraction of sp³-hybridized carbons (Fsp3) is 1.00. The van der Waals surface area contributed by atoms with Crippen LogP contribution in [0.15, 0.2) is 0 Å². The minimum atomic E-state index is 0.484. The van der Waals surface area contributed by atoms with Gasteiger partial charge in [0.2, 0.25) is 0 Å². The number of hydrogen-bond acceptors (Lipinski definition) is 1. The van der Waals surface area contributed by atoms with Crippen LogP contribution in [0.25, 0.3) is 0 Å². The summed E-state index contributed by atoms with van der Waals surface area (Å²) >= 11 is 0. The lowest BCUT2D eigenvalue weighted by Gasteiger charge is -2.27. The summed E-state index contributed by atoms with van der Waals surface area (Å²) in [6.45, 7) is 10.6. The molecule has 15 heavy (non-hydrogen) atoms. The van der Waals surface area contributed by atoms with E-state index in [0.717, 1.165) is 12.0 Å². The summed E-state index contributed by atoms with van der Waals surface area (Å²) in [5.41, 5.74) is 0.484. The lowest BCUT2D eigenvalue weighted by atomic mass is 9.86. The summed E-state index contributed by atoms with van der Waals surface area (Å²) in [5, 5.41) is 3.71. The highest BCUT2D eigenvalue weighted by molar-refractivity contribution is 4.85. The van der Waals surface area contributed by atoms with Crippen LogP contribution in [0.1, 0.15) is 66.2 Å². The molecule has 1 aliphatic rings. The molecule has 0 bridgehead atoms. The SMILES string of the molecule is CCCCCC(C)(C)CNC(C)C1CC1. The molecule has 1 N–H and O–H groups in total. The van der Waals surface area contributed by atoms with Crippen LogP contribution in [0.3, 0.4) is 0 Å². The predicted octanol–water partition coefficient (Wildman–Crippen LogP) is 3.98. The van der Waals surface area contributed by atoms with Crippen molar-refractivity contribution >= 4 is 0 Å². The molecule has 90 valence electrons. The van der Waals surface area contributed by atoms with Gasteiger partial charge in [-0.25, -0.2) is 0 Å². The maximum atomic E-state index is 3.71. The van der Waals surface area contributed by atoms with Crippen LogP contribution in [0.2, 0.25) is 0 Å². The Bertz CT molecular complexity index is 170. The molecule has 1 heteroatoms. The number of unbranched alkanes of at least 4 members (excludes halogenated alkanes) is 2. The molecule has 0 saturated heterocycles. The second-order valence-electron chi connectivity index (χ2n) is 6.13. The molecule has 1 unspecified atom stereocenters. The molecule has 0 aromatic heterocycles. The van der Waals surface area contributed by atoms with E-state index in [1.54, 1.807) is 0 Å². The monoisotopic (exact) mass is 211 g/mol. The third-order valence-electron chi connectivity index (χ3n) is 3.69. The molecule has 0 aromatic carbocycles. The topological polar surface area (TPSA) is 12.0 Å². The minimum absolute atomic E-state index is 0.484. The Morgan fingerprint density at radius 3 is 2.47 bits per heavy atom. The van der Waals surface area contributed by atoms with Crippen LogP contribution < -0.4 is 5.32 Å². The first kappa shape index (κ1) is 13.0. The molecule has 1 atom stereocenters. The summed E-state index contributed by atoms with van der Waals surface area (Å²) in [4.78, 5) is 0. The van der Waals surface area contributed by atoms with E-state index in [0.29, 0.717) is 5.41 Å². The molecule has 0 spiro atoms. The highest BCUT2D eigenvalue weighted by Gasteiger charge is 2.28. The summed E-state index contributed by atoms with van der Waals surface area (Å²) in [6, 6.07) is 0.746. The second kappa shape index (κ2) is 5.89. The zero-order chi connectivity index (χ0) is 11.3. The first-order valence-corrected chi connectivity index (χ1v) is 6.78. The van der Waals surface area contributed by atoms with E-state index in [-0.39, 0.29) is 0 Å². The summed E-state index contributed by atoms with van der Waals surface area (Å²) < 4.78 is 0. The third kappa shape index (κ3) is 5.55. The fourth-order valence-electron chi connectivity index (χ4n) is 2.14. The van der Waals surface area contributed by atoms with Gasteiger partial charge in [0.15, 0.2) is 0 Å². The second-order valence-corrected chi connectivity index (χ2v) is 6.13. The Balaban J connectivity index is 2.10. The molecular weight excluding hydrogens is 182 g/mol. The van der Waals surface area contributed by atoms with E-state index >= 15 is 0 Å². The van der Waals surface area contributed by atoms with Gasteiger partial charge in [-0.15, -0.1) is 0 Å². The van der Waals surface area contributed by atoms with Crippen molar-refractivity contribution in [2.24, 2.45) is 11.3 Å². The van der Waals surface area contributed by atoms with Gasteiger partial charge in [0, 0.05) is 12.6 Å². The van der Waals surface area contributed by atoms with Crippen molar-refractivity contribution in [3.05, 3.63) is 0 Å². The molecule has 0 heterocycles. The highest BCUT2D eigenvalue weighted by atomic mass is 14.9. The van der Waals surface area contributed by atoms with Gasteiger partial charge in [0.25, 0.3) is 0 Å². The number of hydrogen-bond donors (Lipinski definition) is 1. The van der Waals surface area contributed by atoms with E-state index < -0.39 is 0 Å². The van der Waals surface area contributed by atoms with Crippen molar-refractivity contribution < 1.29 is 0 Å². The van der Waals surface area contributed by atoms with Crippen molar-refractivity contribution in [3.63, 3.8) is 0 Å². The normalized spacial score (nSPS) is 19.2. The van der Waals surface area contributed by atoms with Gasteiger partial charge in [-0.05, 0) is 37.5 Å². The minimum Gasteiger partial charge on any atom is -0.313 e. The molecule has 0 aliphatic heterocycles. The summed E-state index contributed by atoms with van der Waals surface area (Å²) in [5.74, 6) is 0.983. The fourth-order valence-corrected chi connectivity index (χ4v) is 2.14. The van der Waals surface area contributed by atoms with Crippen LogP contribution in [-0.2, 0) is 0 Å². The molecule has 1 saturated carbocycles. The van der Waals surface area contributed by atoms with Crippen LogP contribution in [0.5, 0.6) is 0 Å². The van der Waals surface area contributed by atoms with E-state index in [1.807, 2.05) is 0 Å². The Labute approximate surface area is 96.0 Å². The van der Waals surface area contributed by atoms with Crippen LogP contribution >= 0.6 is 0 Å². The van der Waals surface area contributed by atoms with Crippen molar-refractivity contribution in [3.8, 4) is 0 Å². The summed E-state index contributed by atoms with van der Waals surface area (Å²) in [7, 11) is 0. The molecule has 0 radical (unpaired) electrons. The van der Waals surface area contributed by atoms with Gasteiger partial charge in [-0.2, -0.15) is 0 Å². The van der Waals surface area contributed by atoms with E-state index in [2.05, 4.69) is 33.0 Å². The molecule has 1 rings (SSSR count). The standard InChI is InChI=1S/C14H29N/c1-5-6-7-10-14(3,4)11-15-12(2)13-8-9-13/h12-13,15H,5-11H2,1-4H3. The Kier molecular flexibility index (Phi) is 5.11. The van der Waals surface area contributed by atoms with Gasteiger partial charge in [0.05, 0.1) is 0 Å². The smallest absolute Gasteiger partial charge is 0.00672 e. The third-order valence-corrected chi connectivity index (χ3v) is 3.69. The van der Waals surface area contributed by atoms with Crippen LogP contribution in [0.4, 0.5) is 0 Å². The molecule has 0 aromatic rings. The Morgan fingerprint density at radius 1 is 1.27 bits per heavy atom. The Morgan fingerprint density at radius 2 is 1.93 bits per heavy atom.